The second-order valence-corrected chi connectivity index (χ2v) is 7.06. The van der Waals surface area contributed by atoms with Crippen molar-refractivity contribution in [3.8, 4) is 0 Å². The number of carbonyl (C=O) groups is 1. The van der Waals surface area contributed by atoms with Gasteiger partial charge in [0.2, 0.25) is 5.91 Å². The quantitative estimate of drug-likeness (QED) is 0.743. The number of nitrogens with zero attached hydrogens (tertiary/aromatic N) is 1. The standard InChI is InChI=1S/C15H27N3O2/c1-10(2)17-15(14(16)19,11-3-4-11)9-18-7-12-5-6-13(8-18)20-12/h10-13,17H,3-9H2,1-2H3,(H2,16,19). The fourth-order valence-electron chi connectivity index (χ4n) is 3.92. The highest BCUT2D eigenvalue weighted by Crippen LogP contribution is 2.41. The van der Waals surface area contributed by atoms with Crippen molar-refractivity contribution in [2.75, 3.05) is 19.6 Å². The molecular formula is C15H27N3O2. The van der Waals surface area contributed by atoms with Crippen molar-refractivity contribution in [1.82, 2.24) is 10.2 Å². The Morgan fingerprint density at radius 3 is 2.35 bits per heavy atom. The first-order valence-corrected chi connectivity index (χ1v) is 7.95. The van der Waals surface area contributed by atoms with Gasteiger partial charge in [0.1, 0.15) is 5.54 Å². The lowest BCUT2D eigenvalue weighted by Crippen LogP contribution is -2.66. The monoisotopic (exact) mass is 281 g/mol. The largest absolute Gasteiger partial charge is 0.372 e. The number of fused-ring (bicyclic) bond motifs is 2. The number of morpholine rings is 1. The summed E-state index contributed by atoms with van der Waals surface area (Å²) in [5.41, 5.74) is 5.25. The SMILES string of the molecule is CC(C)NC(CN1CC2CCC(C1)O2)(C(N)=O)C1CC1. The van der Waals surface area contributed by atoms with Gasteiger partial charge in [-0.3, -0.25) is 15.0 Å². The van der Waals surface area contributed by atoms with Gasteiger partial charge >= 0.3 is 0 Å². The van der Waals surface area contributed by atoms with E-state index in [9.17, 15) is 4.79 Å². The summed E-state index contributed by atoms with van der Waals surface area (Å²) in [7, 11) is 0. The number of likely N-dealkylation sites (tertiary alicyclic amines) is 1. The van der Waals surface area contributed by atoms with Crippen molar-refractivity contribution in [2.45, 2.75) is 63.3 Å². The van der Waals surface area contributed by atoms with Gasteiger partial charge in [-0.25, -0.2) is 0 Å². The first-order valence-electron chi connectivity index (χ1n) is 7.95. The average molecular weight is 281 g/mol. The summed E-state index contributed by atoms with van der Waals surface area (Å²) < 4.78 is 5.88. The smallest absolute Gasteiger partial charge is 0.239 e. The number of hydrogen-bond donors (Lipinski definition) is 2. The predicted octanol–water partition coefficient (Wildman–Crippen LogP) is 0.482. The molecule has 3 rings (SSSR count). The van der Waals surface area contributed by atoms with Gasteiger partial charge in [-0.1, -0.05) is 0 Å². The lowest BCUT2D eigenvalue weighted by Gasteiger charge is -2.41. The van der Waals surface area contributed by atoms with Crippen molar-refractivity contribution in [2.24, 2.45) is 11.7 Å². The van der Waals surface area contributed by atoms with Crippen LogP contribution in [0.25, 0.3) is 0 Å². The Morgan fingerprint density at radius 1 is 1.30 bits per heavy atom. The molecule has 2 saturated heterocycles. The van der Waals surface area contributed by atoms with Crippen LogP contribution in [-0.4, -0.2) is 54.2 Å². The van der Waals surface area contributed by atoms with E-state index < -0.39 is 5.54 Å². The van der Waals surface area contributed by atoms with E-state index in [1.54, 1.807) is 0 Å². The first-order chi connectivity index (χ1) is 9.49. The molecule has 20 heavy (non-hydrogen) atoms. The number of nitrogens with one attached hydrogen (secondary N) is 1. The number of amides is 1. The van der Waals surface area contributed by atoms with Crippen molar-refractivity contribution in [3.63, 3.8) is 0 Å². The van der Waals surface area contributed by atoms with Gasteiger partial charge < -0.3 is 10.5 Å². The zero-order chi connectivity index (χ0) is 14.3. The van der Waals surface area contributed by atoms with Crippen LogP contribution >= 0.6 is 0 Å². The maximum absolute atomic E-state index is 12.2. The molecule has 1 saturated carbocycles. The zero-order valence-electron chi connectivity index (χ0n) is 12.6. The number of nitrogens with two attached hydrogens (primary N) is 1. The Bertz CT molecular complexity index is 371. The first kappa shape index (κ1) is 14.3. The molecule has 2 aliphatic heterocycles. The maximum atomic E-state index is 12.2. The summed E-state index contributed by atoms with van der Waals surface area (Å²) in [5.74, 6) is 0.218. The van der Waals surface area contributed by atoms with Crippen molar-refractivity contribution in [1.29, 1.82) is 0 Å². The summed E-state index contributed by atoms with van der Waals surface area (Å²) in [6.07, 6.45) is 5.26. The van der Waals surface area contributed by atoms with Crippen LogP contribution in [0.4, 0.5) is 0 Å². The third-order valence-corrected chi connectivity index (χ3v) is 4.85. The molecule has 0 spiro atoms. The molecule has 0 radical (unpaired) electrons. The van der Waals surface area contributed by atoms with Gasteiger partial charge in [0.05, 0.1) is 12.2 Å². The molecule has 3 fully saturated rings. The van der Waals surface area contributed by atoms with Gasteiger partial charge in [-0.2, -0.15) is 0 Å². The predicted molar refractivity (Wildman–Crippen MR) is 77.3 cm³/mol. The molecule has 1 aliphatic carbocycles. The van der Waals surface area contributed by atoms with Gasteiger partial charge in [-0.15, -0.1) is 0 Å². The fourth-order valence-corrected chi connectivity index (χ4v) is 3.92. The Kier molecular flexibility index (Phi) is 3.77. The minimum Gasteiger partial charge on any atom is -0.372 e. The summed E-state index contributed by atoms with van der Waals surface area (Å²) in [4.78, 5) is 14.6. The van der Waals surface area contributed by atoms with E-state index in [2.05, 4.69) is 24.1 Å². The van der Waals surface area contributed by atoms with Crippen molar-refractivity contribution in [3.05, 3.63) is 0 Å². The van der Waals surface area contributed by atoms with E-state index in [-0.39, 0.29) is 11.9 Å². The van der Waals surface area contributed by atoms with E-state index in [0.29, 0.717) is 18.1 Å². The van der Waals surface area contributed by atoms with Gasteiger partial charge in [-0.05, 0) is 45.4 Å². The Labute approximate surface area is 121 Å². The molecule has 3 atom stereocenters. The van der Waals surface area contributed by atoms with Crippen LogP contribution < -0.4 is 11.1 Å². The third-order valence-electron chi connectivity index (χ3n) is 4.85. The van der Waals surface area contributed by atoms with Crippen LogP contribution in [0.5, 0.6) is 0 Å². The Balaban J connectivity index is 1.73. The topological polar surface area (TPSA) is 67.6 Å². The number of hydrogen-bond acceptors (Lipinski definition) is 4. The van der Waals surface area contributed by atoms with Crippen LogP contribution in [0.15, 0.2) is 0 Å². The molecule has 114 valence electrons. The molecule has 0 aromatic heterocycles. The highest BCUT2D eigenvalue weighted by atomic mass is 16.5. The summed E-state index contributed by atoms with van der Waals surface area (Å²) >= 11 is 0. The van der Waals surface area contributed by atoms with Gasteiger partial charge in [0.25, 0.3) is 0 Å². The van der Waals surface area contributed by atoms with Crippen LogP contribution in [0.1, 0.15) is 39.5 Å². The highest BCUT2D eigenvalue weighted by molar-refractivity contribution is 5.86. The van der Waals surface area contributed by atoms with Crippen molar-refractivity contribution >= 4 is 5.91 Å². The molecule has 2 heterocycles. The summed E-state index contributed by atoms with van der Waals surface area (Å²) in [6.45, 7) is 6.80. The molecule has 5 heteroatoms. The number of carbonyl (C=O) groups excluding carboxylic acids is 1. The molecule has 3 N–H and O–H groups in total. The van der Waals surface area contributed by atoms with E-state index in [1.165, 1.54) is 0 Å². The second kappa shape index (κ2) is 5.28. The van der Waals surface area contributed by atoms with E-state index in [4.69, 9.17) is 10.5 Å². The van der Waals surface area contributed by atoms with E-state index in [1.807, 2.05) is 0 Å². The molecule has 0 aromatic rings. The minimum absolute atomic E-state index is 0.187. The number of rotatable bonds is 6. The zero-order valence-corrected chi connectivity index (χ0v) is 12.6. The normalized spacial score (nSPS) is 33.4. The van der Waals surface area contributed by atoms with Crippen LogP contribution in [-0.2, 0) is 9.53 Å². The molecule has 5 nitrogen and oxygen atoms in total. The molecule has 3 unspecified atom stereocenters. The number of primary amides is 1. The van der Waals surface area contributed by atoms with Crippen LogP contribution in [0.2, 0.25) is 0 Å². The number of ether oxygens (including phenoxy) is 1. The summed E-state index contributed by atoms with van der Waals surface area (Å²) in [6, 6.07) is 0.265. The third kappa shape index (κ3) is 2.71. The Hall–Kier alpha value is -0.650. The van der Waals surface area contributed by atoms with Crippen molar-refractivity contribution < 1.29 is 9.53 Å². The second-order valence-electron chi connectivity index (χ2n) is 7.06. The highest BCUT2D eigenvalue weighted by Gasteiger charge is 2.51. The molecule has 0 aromatic carbocycles. The minimum atomic E-state index is -0.551. The molecule has 3 aliphatic rings. The Morgan fingerprint density at radius 2 is 1.90 bits per heavy atom. The molecule has 1 amide bonds. The molecule has 2 bridgehead atoms. The average Bonchev–Trinajstić information content (AvgIpc) is 3.14. The lowest BCUT2D eigenvalue weighted by molar-refractivity contribution is -0.128. The van der Waals surface area contributed by atoms with E-state index in [0.717, 1.165) is 45.3 Å². The van der Waals surface area contributed by atoms with Crippen LogP contribution in [0, 0.1) is 5.92 Å². The summed E-state index contributed by atoms with van der Waals surface area (Å²) in [5, 5.41) is 3.50. The fraction of sp³-hybridized carbons (Fsp3) is 0.933. The van der Waals surface area contributed by atoms with E-state index >= 15 is 0 Å². The van der Waals surface area contributed by atoms with Crippen LogP contribution in [0.3, 0.4) is 0 Å². The maximum Gasteiger partial charge on any atom is 0.239 e. The van der Waals surface area contributed by atoms with Gasteiger partial charge in [0.15, 0.2) is 0 Å². The van der Waals surface area contributed by atoms with Gasteiger partial charge in [0, 0.05) is 25.7 Å². The molecular weight excluding hydrogens is 254 g/mol. The lowest BCUT2D eigenvalue weighted by atomic mass is 9.90.